The van der Waals surface area contributed by atoms with Crippen LogP contribution in [0.5, 0.6) is 5.75 Å². The van der Waals surface area contributed by atoms with E-state index in [-0.39, 0.29) is 5.75 Å². The van der Waals surface area contributed by atoms with Gasteiger partial charge in [0.2, 0.25) is 0 Å². The summed E-state index contributed by atoms with van der Waals surface area (Å²) in [4.78, 5) is 10.4. The second kappa shape index (κ2) is 5.43. The molecule has 0 bridgehead atoms. The summed E-state index contributed by atoms with van der Waals surface area (Å²) in [5.41, 5.74) is 1.46. The van der Waals surface area contributed by atoms with Crippen LogP contribution >= 0.6 is 0 Å². The Morgan fingerprint density at radius 1 is 1.36 bits per heavy atom. The highest BCUT2D eigenvalue weighted by molar-refractivity contribution is 5.75. The number of phenols is 1. The van der Waals surface area contributed by atoms with Crippen molar-refractivity contribution in [3.8, 4) is 5.75 Å². The molecule has 0 amide bonds. The van der Waals surface area contributed by atoms with Gasteiger partial charge in [0, 0.05) is 5.56 Å². The summed E-state index contributed by atoms with van der Waals surface area (Å²) in [6.07, 6.45) is 5.07. The largest absolute Gasteiger partial charge is 0.508 e. The zero-order chi connectivity index (χ0) is 10.4. The molecule has 2 heteroatoms. The van der Waals surface area contributed by atoms with Crippen LogP contribution in [0, 0.1) is 0 Å². The molecule has 76 valence electrons. The van der Waals surface area contributed by atoms with Gasteiger partial charge < -0.3 is 5.11 Å². The van der Waals surface area contributed by atoms with Crippen molar-refractivity contribution in [2.45, 2.75) is 32.6 Å². The van der Waals surface area contributed by atoms with Gasteiger partial charge in [-0.1, -0.05) is 31.9 Å². The lowest BCUT2D eigenvalue weighted by Crippen LogP contribution is -1.88. The fourth-order valence-corrected chi connectivity index (χ4v) is 1.43. The maximum absolute atomic E-state index is 10.4. The van der Waals surface area contributed by atoms with Crippen molar-refractivity contribution in [3.63, 3.8) is 0 Å². The smallest absolute Gasteiger partial charge is 0.150 e. The summed E-state index contributed by atoms with van der Waals surface area (Å²) < 4.78 is 0. The second-order valence-corrected chi connectivity index (χ2v) is 3.46. The van der Waals surface area contributed by atoms with E-state index >= 15 is 0 Å². The zero-order valence-electron chi connectivity index (χ0n) is 8.49. The predicted molar refractivity (Wildman–Crippen MR) is 56.7 cm³/mol. The predicted octanol–water partition coefficient (Wildman–Crippen LogP) is 2.94. The van der Waals surface area contributed by atoms with Gasteiger partial charge in [-0.05, 0) is 24.5 Å². The maximum Gasteiger partial charge on any atom is 0.150 e. The number of hydrogen-bond acceptors (Lipinski definition) is 2. The van der Waals surface area contributed by atoms with Gasteiger partial charge in [0.15, 0.2) is 0 Å². The number of unbranched alkanes of at least 4 members (excludes halogenated alkanes) is 2. The Balaban J connectivity index is 2.64. The first-order valence-corrected chi connectivity index (χ1v) is 5.05. The molecule has 0 spiro atoms. The Kier molecular flexibility index (Phi) is 4.17. The number of carbonyl (C=O) groups is 1. The molecule has 0 aliphatic rings. The van der Waals surface area contributed by atoms with E-state index in [2.05, 4.69) is 6.92 Å². The van der Waals surface area contributed by atoms with Crippen LogP contribution in [-0.4, -0.2) is 11.4 Å². The average Bonchev–Trinajstić information content (AvgIpc) is 2.20. The van der Waals surface area contributed by atoms with E-state index in [0.29, 0.717) is 5.56 Å². The van der Waals surface area contributed by atoms with Crippen LogP contribution in [-0.2, 0) is 6.42 Å². The van der Waals surface area contributed by atoms with Crippen LogP contribution < -0.4 is 0 Å². The number of aryl methyl sites for hydroxylation is 1. The molecule has 0 aliphatic carbocycles. The highest BCUT2D eigenvalue weighted by Crippen LogP contribution is 2.20. The first kappa shape index (κ1) is 10.8. The Morgan fingerprint density at radius 2 is 2.14 bits per heavy atom. The number of aromatic hydroxyl groups is 1. The molecule has 0 heterocycles. The molecule has 0 saturated heterocycles. The molecule has 0 atom stereocenters. The van der Waals surface area contributed by atoms with Crippen LogP contribution in [0.25, 0.3) is 0 Å². The van der Waals surface area contributed by atoms with Crippen molar-refractivity contribution < 1.29 is 9.90 Å². The third-order valence-corrected chi connectivity index (χ3v) is 2.30. The van der Waals surface area contributed by atoms with E-state index in [1.165, 1.54) is 18.9 Å². The molecule has 0 aliphatic heterocycles. The Hall–Kier alpha value is -1.31. The van der Waals surface area contributed by atoms with E-state index < -0.39 is 0 Å². The van der Waals surface area contributed by atoms with Gasteiger partial charge in [-0.25, -0.2) is 0 Å². The van der Waals surface area contributed by atoms with Gasteiger partial charge in [-0.15, -0.1) is 0 Å². The number of aldehydes is 1. The first-order valence-electron chi connectivity index (χ1n) is 5.05. The van der Waals surface area contributed by atoms with Crippen LogP contribution in [0.15, 0.2) is 18.2 Å². The second-order valence-electron chi connectivity index (χ2n) is 3.46. The van der Waals surface area contributed by atoms with Crippen molar-refractivity contribution in [2.75, 3.05) is 0 Å². The molecule has 1 aromatic carbocycles. The lowest BCUT2D eigenvalue weighted by atomic mass is 10.0. The van der Waals surface area contributed by atoms with E-state index in [1.54, 1.807) is 6.07 Å². The fourth-order valence-electron chi connectivity index (χ4n) is 1.43. The molecule has 0 fully saturated rings. The van der Waals surface area contributed by atoms with Crippen LogP contribution in [0.3, 0.4) is 0 Å². The Morgan fingerprint density at radius 3 is 2.71 bits per heavy atom. The van der Waals surface area contributed by atoms with Gasteiger partial charge in [0.1, 0.15) is 12.0 Å². The van der Waals surface area contributed by atoms with Crippen molar-refractivity contribution in [2.24, 2.45) is 0 Å². The van der Waals surface area contributed by atoms with Gasteiger partial charge in [0.05, 0.1) is 0 Å². The quantitative estimate of drug-likeness (QED) is 0.575. The molecule has 1 aromatic rings. The lowest BCUT2D eigenvalue weighted by Gasteiger charge is -2.04. The van der Waals surface area contributed by atoms with E-state index in [4.69, 9.17) is 0 Å². The van der Waals surface area contributed by atoms with E-state index in [0.717, 1.165) is 24.7 Å². The summed E-state index contributed by atoms with van der Waals surface area (Å²) in [5.74, 6) is 0.241. The number of benzene rings is 1. The summed E-state index contributed by atoms with van der Waals surface area (Å²) in [5, 5.41) is 9.56. The average molecular weight is 192 g/mol. The monoisotopic (exact) mass is 192 g/mol. The first-order chi connectivity index (χ1) is 6.77. The minimum absolute atomic E-state index is 0.241. The minimum Gasteiger partial charge on any atom is -0.508 e. The molecule has 0 aromatic heterocycles. The van der Waals surface area contributed by atoms with Crippen molar-refractivity contribution >= 4 is 6.29 Å². The zero-order valence-corrected chi connectivity index (χ0v) is 8.49. The molecular weight excluding hydrogens is 176 g/mol. The summed E-state index contributed by atoms with van der Waals surface area (Å²) in [6, 6.07) is 5.09. The normalized spacial score (nSPS) is 10.1. The van der Waals surface area contributed by atoms with Gasteiger partial charge >= 0.3 is 0 Å². The van der Waals surface area contributed by atoms with E-state index in [1.807, 2.05) is 6.07 Å². The third-order valence-electron chi connectivity index (χ3n) is 2.30. The highest BCUT2D eigenvalue weighted by Gasteiger charge is 2.01. The van der Waals surface area contributed by atoms with Gasteiger partial charge in [-0.3, -0.25) is 4.79 Å². The molecular formula is C12H16O2. The molecule has 0 saturated carbocycles. The van der Waals surface area contributed by atoms with Crippen molar-refractivity contribution in [1.82, 2.24) is 0 Å². The third kappa shape index (κ3) is 2.87. The summed E-state index contributed by atoms with van der Waals surface area (Å²) in [6.45, 7) is 2.15. The summed E-state index contributed by atoms with van der Waals surface area (Å²) in [7, 11) is 0. The fraction of sp³-hybridized carbons (Fsp3) is 0.417. The van der Waals surface area contributed by atoms with Gasteiger partial charge in [-0.2, -0.15) is 0 Å². The molecule has 1 N–H and O–H groups in total. The minimum atomic E-state index is 0.241. The molecule has 2 nitrogen and oxygen atoms in total. The van der Waals surface area contributed by atoms with Crippen LogP contribution in [0.2, 0.25) is 0 Å². The van der Waals surface area contributed by atoms with Crippen LogP contribution in [0.4, 0.5) is 0 Å². The molecule has 0 radical (unpaired) electrons. The maximum atomic E-state index is 10.4. The van der Waals surface area contributed by atoms with E-state index in [9.17, 15) is 9.90 Å². The Labute approximate surface area is 84.6 Å². The molecule has 14 heavy (non-hydrogen) atoms. The Bertz CT molecular complexity index is 305. The number of phenolic OH excluding ortho intramolecular Hbond substituents is 1. The van der Waals surface area contributed by atoms with Crippen LogP contribution in [0.1, 0.15) is 42.1 Å². The number of hydrogen-bond donors (Lipinski definition) is 1. The topological polar surface area (TPSA) is 37.3 Å². The van der Waals surface area contributed by atoms with Crippen molar-refractivity contribution in [1.29, 1.82) is 0 Å². The lowest BCUT2D eigenvalue weighted by molar-refractivity contribution is 0.112. The summed E-state index contributed by atoms with van der Waals surface area (Å²) >= 11 is 0. The van der Waals surface area contributed by atoms with Gasteiger partial charge in [0.25, 0.3) is 0 Å². The highest BCUT2D eigenvalue weighted by atomic mass is 16.3. The SMILES string of the molecule is CCCCCc1ccc(C=O)cc1O. The van der Waals surface area contributed by atoms with Crippen molar-refractivity contribution in [3.05, 3.63) is 29.3 Å². The standard InChI is InChI=1S/C12H16O2/c1-2-3-4-5-11-7-6-10(9-13)8-12(11)14/h6-9,14H,2-5H2,1H3. The molecule has 1 rings (SSSR count). The number of carbonyl (C=O) groups excluding carboxylic acids is 1. The number of rotatable bonds is 5. The molecule has 0 unspecified atom stereocenters.